The lowest BCUT2D eigenvalue weighted by Gasteiger charge is -2.37. The zero-order valence-electron chi connectivity index (χ0n) is 8.40. The molecule has 0 aliphatic carbocycles. The van der Waals surface area contributed by atoms with E-state index in [-0.39, 0.29) is 25.1 Å². The van der Waals surface area contributed by atoms with Crippen molar-refractivity contribution in [3.63, 3.8) is 0 Å². The molecule has 0 aromatic carbocycles. The summed E-state index contributed by atoms with van der Waals surface area (Å²) in [5.41, 5.74) is 0. The Kier molecular flexibility index (Phi) is 4.12. The number of ether oxygens (including phenoxy) is 3. The fraction of sp³-hybridized carbons (Fsp3) is 1.00. The summed E-state index contributed by atoms with van der Waals surface area (Å²) >= 11 is 0. The van der Waals surface area contributed by atoms with Gasteiger partial charge in [0.1, 0.15) is 6.10 Å². The maximum absolute atomic E-state index is 9.03. The van der Waals surface area contributed by atoms with Crippen molar-refractivity contribution in [2.24, 2.45) is 5.92 Å². The van der Waals surface area contributed by atoms with Gasteiger partial charge in [0.2, 0.25) is 0 Å². The van der Waals surface area contributed by atoms with Crippen molar-refractivity contribution in [3.8, 4) is 0 Å². The van der Waals surface area contributed by atoms with E-state index in [9.17, 15) is 0 Å². The highest BCUT2D eigenvalue weighted by molar-refractivity contribution is 4.79. The molecule has 1 aliphatic heterocycles. The minimum Gasteiger partial charge on any atom is -0.394 e. The third kappa shape index (κ3) is 2.40. The van der Waals surface area contributed by atoms with E-state index >= 15 is 0 Å². The van der Waals surface area contributed by atoms with Gasteiger partial charge in [0.15, 0.2) is 6.29 Å². The molecule has 1 N–H and O–H groups in total. The average molecular weight is 190 g/mol. The molecule has 78 valence electrons. The van der Waals surface area contributed by atoms with Crippen molar-refractivity contribution in [1.82, 2.24) is 0 Å². The van der Waals surface area contributed by atoms with Gasteiger partial charge in [-0.1, -0.05) is 6.92 Å². The van der Waals surface area contributed by atoms with Crippen molar-refractivity contribution in [2.75, 3.05) is 20.8 Å². The van der Waals surface area contributed by atoms with Crippen LogP contribution in [0.2, 0.25) is 0 Å². The van der Waals surface area contributed by atoms with Gasteiger partial charge in [0, 0.05) is 20.1 Å². The molecule has 4 atom stereocenters. The number of aliphatic hydroxyl groups excluding tert-OH is 1. The molecule has 0 bridgehead atoms. The van der Waals surface area contributed by atoms with E-state index in [4.69, 9.17) is 19.3 Å². The number of rotatable bonds is 3. The first-order valence-electron chi connectivity index (χ1n) is 4.54. The molecule has 1 fully saturated rings. The topological polar surface area (TPSA) is 47.9 Å². The summed E-state index contributed by atoms with van der Waals surface area (Å²) in [6.07, 6.45) is 0.362. The molecule has 1 saturated heterocycles. The normalized spacial score (nSPS) is 40.6. The van der Waals surface area contributed by atoms with Crippen LogP contribution < -0.4 is 0 Å². The van der Waals surface area contributed by atoms with Crippen LogP contribution in [0, 0.1) is 5.92 Å². The molecule has 0 radical (unpaired) electrons. The molecular weight excluding hydrogens is 172 g/mol. The second kappa shape index (κ2) is 4.91. The maximum Gasteiger partial charge on any atom is 0.160 e. The molecule has 4 heteroatoms. The number of methoxy groups -OCH3 is 2. The molecule has 0 amide bonds. The van der Waals surface area contributed by atoms with Crippen LogP contribution in [0.25, 0.3) is 0 Å². The van der Waals surface area contributed by atoms with Crippen LogP contribution in [0.1, 0.15) is 13.3 Å². The van der Waals surface area contributed by atoms with Crippen LogP contribution in [-0.2, 0) is 14.2 Å². The van der Waals surface area contributed by atoms with Gasteiger partial charge in [0.05, 0.1) is 12.7 Å². The van der Waals surface area contributed by atoms with Crippen molar-refractivity contribution in [2.45, 2.75) is 31.8 Å². The summed E-state index contributed by atoms with van der Waals surface area (Å²) in [6, 6.07) is 0. The number of hydrogen-bond acceptors (Lipinski definition) is 4. The van der Waals surface area contributed by atoms with E-state index in [1.54, 1.807) is 14.2 Å². The second-order valence-electron chi connectivity index (χ2n) is 3.45. The minimum absolute atomic E-state index is 0.0219. The van der Waals surface area contributed by atoms with Crippen molar-refractivity contribution in [3.05, 3.63) is 0 Å². The molecule has 1 aliphatic rings. The lowest BCUT2D eigenvalue weighted by Crippen LogP contribution is -2.46. The fourth-order valence-corrected chi connectivity index (χ4v) is 1.72. The van der Waals surface area contributed by atoms with Gasteiger partial charge in [-0.3, -0.25) is 0 Å². The highest BCUT2D eigenvalue weighted by Gasteiger charge is 2.35. The molecule has 4 nitrogen and oxygen atoms in total. The van der Waals surface area contributed by atoms with Crippen molar-refractivity contribution >= 4 is 0 Å². The standard InChI is InChI=1S/C9H18O4/c1-6-4-7(11-2)8(5-10)13-9(6)12-3/h6-10H,4-5H2,1-3H3. The fourth-order valence-electron chi connectivity index (χ4n) is 1.72. The smallest absolute Gasteiger partial charge is 0.160 e. The Balaban J connectivity index is 2.54. The molecule has 1 heterocycles. The quantitative estimate of drug-likeness (QED) is 0.699. The van der Waals surface area contributed by atoms with E-state index in [0.29, 0.717) is 5.92 Å². The molecule has 13 heavy (non-hydrogen) atoms. The Morgan fingerprint density at radius 2 is 2.08 bits per heavy atom. The summed E-state index contributed by atoms with van der Waals surface area (Å²) in [6.45, 7) is 2.03. The predicted octanol–water partition coefficient (Wildman–Crippen LogP) is 0.391. The molecule has 4 unspecified atom stereocenters. The highest BCUT2D eigenvalue weighted by atomic mass is 16.7. The van der Waals surface area contributed by atoms with E-state index in [1.165, 1.54) is 0 Å². The Bertz CT molecular complexity index is 151. The zero-order chi connectivity index (χ0) is 9.84. The van der Waals surface area contributed by atoms with E-state index in [0.717, 1.165) is 6.42 Å². The summed E-state index contributed by atoms with van der Waals surface area (Å²) in [7, 11) is 3.25. The number of aliphatic hydroxyl groups is 1. The molecule has 1 rings (SSSR count). The Hall–Kier alpha value is -0.160. The maximum atomic E-state index is 9.03. The Morgan fingerprint density at radius 3 is 2.54 bits per heavy atom. The van der Waals surface area contributed by atoms with Gasteiger partial charge in [-0.25, -0.2) is 0 Å². The lowest BCUT2D eigenvalue weighted by atomic mass is 9.96. The average Bonchev–Trinajstić information content (AvgIpc) is 2.17. The second-order valence-corrected chi connectivity index (χ2v) is 3.45. The first-order valence-corrected chi connectivity index (χ1v) is 4.54. The van der Waals surface area contributed by atoms with Crippen LogP contribution in [0.3, 0.4) is 0 Å². The Labute approximate surface area is 78.8 Å². The largest absolute Gasteiger partial charge is 0.394 e. The highest BCUT2D eigenvalue weighted by Crippen LogP contribution is 2.26. The van der Waals surface area contributed by atoms with E-state index in [2.05, 4.69) is 0 Å². The molecule has 0 aromatic heterocycles. The summed E-state index contributed by atoms with van der Waals surface area (Å²) < 4.78 is 15.9. The van der Waals surface area contributed by atoms with Gasteiger partial charge in [-0.2, -0.15) is 0 Å². The number of hydrogen-bond donors (Lipinski definition) is 1. The summed E-state index contributed by atoms with van der Waals surface area (Å²) in [5.74, 6) is 0.303. The monoisotopic (exact) mass is 190 g/mol. The van der Waals surface area contributed by atoms with Crippen LogP contribution >= 0.6 is 0 Å². The van der Waals surface area contributed by atoms with Crippen LogP contribution in [-0.4, -0.2) is 44.4 Å². The van der Waals surface area contributed by atoms with Gasteiger partial charge in [-0.15, -0.1) is 0 Å². The molecule has 0 saturated carbocycles. The third-order valence-corrected chi connectivity index (χ3v) is 2.51. The van der Waals surface area contributed by atoms with Gasteiger partial charge in [-0.05, 0) is 6.42 Å². The minimum atomic E-state index is -0.258. The Morgan fingerprint density at radius 1 is 1.38 bits per heavy atom. The molecule has 0 spiro atoms. The van der Waals surface area contributed by atoms with Gasteiger partial charge >= 0.3 is 0 Å². The zero-order valence-corrected chi connectivity index (χ0v) is 8.40. The van der Waals surface area contributed by atoms with E-state index < -0.39 is 0 Å². The van der Waals surface area contributed by atoms with Crippen molar-refractivity contribution < 1.29 is 19.3 Å². The predicted molar refractivity (Wildman–Crippen MR) is 47.3 cm³/mol. The van der Waals surface area contributed by atoms with Crippen molar-refractivity contribution in [1.29, 1.82) is 0 Å². The molecule has 0 aromatic rings. The van der Waals surface area contributed by atoms with Crippen LogP contribution in [0.5, 0.6) is 0 Å². The third-order valence-electron chi connectivity index (χ3n) is 2.51. The van der Waals surface area contributed by atoms with Crippen LogP contribution in [0.4, 0.5) is 0 Å². The SMILES string of the molecule is COC1CC(C)C(OC)OC1CO. The van der Waals surface area contributed by atoms with Gasteiger partial charge < -0.3 is 19.3 Å². The lowest BCUT2D eigenvalue weighted by molar-refractivity contribution is -0.246. The summed E-state index contributed by atoms with van der Waals surface area (Å²) in [4.78, 5) is 0. The van der Waals surface area contributed by atoms with E-state index in [1.807, 2.05) is 6.92 Å². The summed E-state index contributed by atoms with van der Waals surface area (Å²) in [5, 5.41) is 9.03. The first kappa shape index (κ1) is 10.9. The van der Waals surface area contributed by atoms with Gasteiger partial charge in [0.25, 0.3) is 0 Å². The molecular formula is C9H18O4. The first-order chi connectivity index (χ1) is 6.22. The van der Waals surface area contributed by atoms with Crippen LogP contribution in [0.15, 0.2) is 0 Å².